The fourth-order valence-corrected chi connectivity index (χ4v) is 4.62. The van der Waals surface area contributed by atoms with Crippen LogP contribution in [0.1, 0.15) is 66.2 Å². The quantitative estimate of drug-likeness (QED) is 0.587. The summed E-state index contributed by atoms with van der Waals surface area (Å²) in [5, 5.41) is 0. The first kappa shape index (κ1) is 10.1. The van der Waals surface area contributed by atoms with Gasteiger partial charge in [0, 0.05) is 16.6 Å². The molecule has 0 N–H and O–H groups in total. The maximum atomic E-state index is 2.94. The molecule has 1 heterocycles. The Labute approximate surface area is 94.2 Å². The van der Waals surface area contributed by atoms with E-state index in [4.69, 9.17) is 0 Å². The van der Waals surface area contributed by atoms with Crippen LogP contribution in [0.2, 0.25) is 0 Å². The molecule has 0 amide bonds. The molecular weight excluding hydrogens is 182 g/mol. The van der Waals surface area contributed by atoms with Crippen molar-refractivity contribution >= 4 is 0 Å². The van der Waals surface area contributed by atoms with Gasteiger partial charge in [-0.15, -0.1) is 0 Å². The Hall–Kier alpha value is -0.0400. The molecular formula is C14H25N. The van der Waals surface area contributed by atoms with Crippen molar-refractivity contribution in [3.63, 3.8) is 0 Å². The number of nitrogens with zero attached hydrogens (tertiary/aromatic N) is 1. The summed E-state index contributed by atoms with van der Waals surface area (Å²) in [5.41, 5.74) is 1.64. The first-order chi connectivity index (χ1) is 6.88. The van der Waals surface area contributed by atoms with Gasteiger partial charge in [0.25, 0.3) is 0 Å². The molecule has 1 heteroatoms. The summed E-state index contributed by atoms with van der Waals surface area (Å²) >= 11 is 0. The van der Waals surface area contributed by atoms with Gasteiger partial charge in [-0.1, -0.05) is 6.92 Å². The summed E-state index contributed by atoms with van der Waals surface area (Å²) in [6.07, 6.45) is 8.80. The van der Waals surface area contributed by atoms with E-state index in [1.54, 1.807) is 0 Å². The molecule has 0 aromatic rings. The van der Waals surface area contributed by atoms with Crippen LogP contribution in [0.5, 0.6) is 0 Å². The molecule has 3 rings (SSSR count). The van der Waals surface area contributed by atoms with Crippen LogP contribution in [-0.2, 0) is 0 Å². The number of hydrogen-bond donors (Lipinski definition) is 0. The van der Waals surface area contributed by atoms with Gasteiger partial charge in [0.05, 0.1) is 0 Å². The zero-order chi connectivity index (χ0) is 10.9. The van der Waals surface area contributed by atoms with Crippen LogP contribution < -0.4 is 0 Å². The molecule has 2 aliphatic carbocycles. The van der Waals surface area contributed by atoms with Gasteiger partial charge in [0.2, 0.25) is 0 Å². The summed E-state index contributed by atoms with van der Waals surface area (Å²) in [6.45, 7) is 9.73. The minimum Gasteiger partial charge on any atom is -0.287 e. The SMILES string of the molecule is CC1CC2(CC2)N(C(C)(C)C)C2(CC2)C1. The minimum atomic E-state index is 0.382. The molecule has 86 valence electrons. The van der Waals surface area contributed by atoms with Crippen LogP contribution in [-0.4, -0.2) is 21.5 Å². The molecule has 0 unspecified atom stereocenters. The maximum Gasteiger partial charge on any atom is 0.0224 e. The molecule has 0 bridgehead atoms. The third-order valence-electron chi connectivity index (χ3n) is 4.73. The van der Waals surface area contributed by atoms with Gasteiger partial charge in [-0.05, 0) is 65.2 Å². The molecule has 15 heavy (non-hydrogen) atoms. The molecule has 3 fully saturated rings. The van der Waals surface area contributed by atoms with Crippen molar-refractivity contribution in [3.8, 4) is 0 Å². The van der Waals surface area contributed by atoms with Crippen LogP contribution >= 0.6 is 0 Å². The van der Waals surface area contributed by atoms with Crippen LogP contribution in [0.4, 0.5) is 0 Å². The standard InChI is InChI=1S/C14H25N/c1-11-9-13(5-6-13)15(12(2,3)4)14(10-11)7-8-14/h11H,5-10H2,1-4H3. The van der Waals surface area contributed by atoms with Crippen molar-refractivity contribution < 1.29 is 0 Å². The highest BCUT2D eigenvalue weighted by molar-refractivity contribution is 5.21. The van der Waals surface area contributed by atoms with E-state index in [0.717, 1.165) is 5.92 Å². The Kier molecular flexibility index (Phi) is 1.77. The normalized spacial score (nSPS) is 37.2. The van der Waals surface area contributed by atoms with E-state index in [2.05, 4.69) is 32.6 Å². The lowest BCUT2D eigenvalue weighted by molar-refractivity contribution is -0.0448. The molecule has 2 spiro atoms. The van der Waals surface area contributed by atoms with E-state index in [1.165, 1.54) is 38.5 Å². The van der Waals surface area contributed by atoms with E-state index in [1.807, 2.05) is 0 Å². The smallest absolute Gasteiger partial charge is 0.0224 e. The van der Waals surface area contributed by atoms with E-state index >= 15 is 0 Å². The molecule has 0 atom stereocenters. The topological polar surface area (TPSA) is 3.24 Å². The van der Waals surface area contributed by atoms with Gasteiger partial charge in [0.15, 0.2) is 0 Å². The van der Waals surface area contributed by atoms with Gasteiger partial charge in [-0.25, -0.2) is 0 Å². The largest absolute Gasteiger partial charge is 0.287 e. The second kappa shape index (κ2) is 2.61. The lowest BCUT2D eigenvalue weighted by Crippen LogP contribution is -2.60. The predicted octanol–water partition coefficient (Wildman–Crippen LogP) is 3.58. The van der Waals surface area contributed by atoms with Crippen LogP contribution in [0.15, 0.2) is 0 Å². The maximum absolute atomic E-state index is 2.94. The monoisotopic (exact) mass is 207 g/mol. The zero-order valence-corrected chi connectivity index (χ0v) is 10.8. The molecule has 0 aromatic carbocycles. The molecule has 0 radical (unpaired) electrons. The first-order valence-corrected chi connectivity index (χ1v) is 6.69. The van der Waals surface area contributed by atoms with Gasteiger partial charge < -0.3 is 0 Å². The lowest BCUT2D eigenvalue weighted by atomic mass is 9.80. The van der Waals surface area contributed by atoms with E-state index in [-0.39, 0.29) is 0 Å². The highest BCUT2D eigenvalue weighted by Gasteiger charge is 2.65. The highest BCUT2D eigenvalue weighted by Crippen LogP contribution is 2.64. The van der Waals surface area contributed by atoms with Gasteiger partial charge in [-0.3, -0.25) is 4.90 Å². The summed E-state index contributed by atoms with van der Waals surface area (Å²) in [7, 11) is 0. The number of rotatable bonds is 0. The fourth-order valence-electron chi connectivity index (χ4n) is 4.62. The lowest BCUT2D eigenvalue weighted by Gasteiger charge is -2.53. The fraction of sp³-hybridized carbons (Fsp3) is 1.00. The molecule has 1 nitrogen and oxygen atoms in total. The average Bonchev–Trinajstić information content (AvgIpc) is 2.90. The van der Waals surface area contributed by atoms with Gasteiger partial charge in [0.1, 0.15) is 0 Å². The second-order valence-corrected chi connectivity index (χ2v) is 7.47. The summed E-state index contributed by atoms with van der Waals surface area (Å²) in [6, 6.07) is 0. The van der Waals surface area contributed by atoms with Crippen molar-refractivity contribution in [1.82, 2.24) is 4.90 Å². The molecule has 2 saturated carbocycles. The molecule has 0 aromatic heterocycles. The Morgan fingerprint density at radius 2 is 1.33 bits per heavy atom. The second-order valence-electron chi connectivity index (χ2n) is 7.47. The van der Waals surface area contributed by atoms with Crippen molar-refractivity contribution in [2.75, 3.05) is 0 Å². The number of likely N-dealkylation sites (tertiary alicyclic amines) is 1. The summed E-state index contributed by atoms with van der Waals surface area (Å²) < 4.78 is 0. The Morgan fingerprint density at radius 1 is 0.933 bits per heavy atom. The molecule has 1 saturated heterocycles. The predicted molar refractivity (Wildman–Crippen MR) is 63.9 cm³/mol. The van der Waals surface area contributed by atoms with E-state index in [0.29, 0.717) is 16.6 Å². The molecule has 1 aliphatic heterocycles. The summed E-state index contributed by atoms with van der Waals surface area (Å²) in [4.78, 5) is 2.94. The van der Waals surface area contributed by atoms with Gasteiger partial charge in [-0.2, -0.15) is 0 Å². The van der Waals surface area contributed by atoms with Crippen LogP contribution in [0.25, 0.3) is 0 Å². The number of piperidine rings is 1. The Bertz CT molecular complexity index is 256. The van der Waals surface area contributed by atoms with Crippen molar-refractivity contribution in [2.45, 2.75) is 82.8 Å². The zero-order valence-electron chi connectivity index (χ0n) is 10.8. The average molecular weight is 207 g/mol. The Balaban J connectivity index is 1.95. The molecule has 3 aliphatic rings. The minimum absolute atomic E-state index is 0.382. The van der Waals surface area contributed by atoms with Crippen LogP contribution in [0, 0.1) is 5.92 Å². The highest BCUT2D eigenvalue weighted by atomic mass is 15.4. The van der Waals surface area contributed by atoms with Crippen LogP contribution in [0.3, 0.4) is 0 Å². The Morgan fingerprint density at radius 3 is 1.60 bits per heavy atom. The summed E-state index contributed by atoms with van der Waals surface area (Å²) in [5.74, 6) is 0.966. The van der Waals surface area contributed by atoms with Crippen molar-refractivity contribution in [1.29, 1.82) is 0 Å². The van der Waals surface area contributed by atoms with E-state index in [9.17, 15) is 0 Å². The van der Waals surface area contributed by atoms with Crippen molar-refractivity contribution in [2.24, 2.45) is 5.92 Å². The third kappa shape index (κ3) is 1.39. The van der Waals surface area contributed by atoms with Crippen molar-refractivity contribution in [3.05, 3.63) is 0 Å². The third-order valence-corrected chi connectivity index (χ3v) is 4.73. The van der Waals surface area contributed by atoms with Gasteiger partial charge >= 0.3 is 0 Å². The first-order valence-electron chi connectivity index (χ1n) is 6.69. The number of hydrogen-bond acceptors (Lipinski definition) is 1. The van der Waals surface area contributed by atoms with E-state index < -0.39 is 0 Å².